The highest BCUT2D eigenvalue weighted by Gasteiger charge is 2.06. The van der Waals surface area contributed by atoms with Crippen LogP contribution in [0.15, 0.2) is 18.2 Å². The predicted octanol–water partition coefficient (Wildman–Crippen LogP) is 1.85. The van der Waals surface area contributed by atoms with Crippen LogP contribution in [0.3, 0.4) is 0 Å². The van der Waals surface area contributed by atoms with Crippen LogP contribution in [-0.2, 0) is 9.47 Å². The fraction of sp³-hybridized carbons (Fsp3) is 0.417. The molecule has 0 amide bonds. The van der Waals surface area contributed by atoms with Gasteiger partial charge in [0.15, 0.2) is 19.4 Å². The van der Waals surface area contributed by atoms with Crippen LogP contribution in [0, 0.1) is 0 Å². The van der Waals surface area contributed by atoms with Gasteiger partial charge in [0.1, 0.15) is 11.5 Å². The molecule has 17 heavy (non-hydrogen) atoms. The van der Waals surface area contributed by atoms with E-state index in [0.29, 0.717) is 23.3 Å². The van der Waals surface area contributed by atoms with E-state index in [4.69, 9.17) is 18.9 Å². The lowest BCUT2D eigenvalue weighted by Gasteiger charge is -2.13. The summed E-state index contributed by atoms with van der Waals surface area (Å²) in [6.07, 6.45) is 0.356. The van der Waals surface area contributed by atoms with E-state index in [1.807, 2.05) is 0 Å². The Kier molecular flexibility index (Phi) is 5.45. The van der Waals surface area contributed by atoms with Crippen LogP contribution in [-0.4, -0.2) is 33.6 Å². The van der Waals surface area contributed by atoms with Gasteiger partial charge in [0.25, 0.3) is 0 Å². The molecule has 0 saturated carbocycles. The second-order valence-corrected chi connectivity index (χ2v) is 3.25. The molecule has 5 nitrogen and oxygen atoms in total. The van der Waals surface area contributed by atoms with E-state index >= 15 is 0 Å². The Labute approximate surface area is 100 Å². The minimum absolute atomic E-state index is 0.00299. The standard InChI is InChI=1S/C12H16O5/c1-9(14-2)16-8-17-12-6-11(15-3)5-4-10(12)7-13/h4-7,9H,8H2,1-3H3. The number of hydrogen-bond acceptors (Lipinski definition) is 5. The summed E-state index contributed by atoms with van der Waals surface area (Å²) in [5, 5.41) is 0. The van der Waals surface area contributed by atoms with Gasteiger partial charge in [-0.3, -0.25) is 4.79 Å². The Bertz CT molecular complexity index is 364. The summed E-state index contributed by atoms with van der Waals surface area (Å²) in [5.41, 5.74) is 0.444. The Morgan fingerprint density at radius 3 is 2.71 bits per heavy atom. The lowest BCUT2D eigenvalue weighted by Crippen LogP contribution is -2.14. The Hall–Kier alpha value is -1.59. The van der Waals surface area contributed by atoms with Gasteiger partial charge in [0, 0.05) is 13.2 Å². The predicted molar refractivity (Wildman–Crippen MR) is 61.4 cm³/mol. The minimum Gasteiger partial charge on any atom is -0.497 e. The third kappa shape index (κ3) is 4.05. The normalized spacial score (nSPS) is 11.9. The molecule has 0 aliphatic heterocycles. The third-order valence-electron chi connectivity index (χ3n) is 2.20. The van der Waals surface area contributed by atoms with Crippen molar-refractivity contribution < 1.29 is 23.7 Å². The first-order valence-corrected chi connectivity index (χ1v) is 5.11. The second kappa shape index (κ2) is 6.88. The molecule has 0 bridgehead atoms. The molecule has 0 aliphatic rings. The molecule has 5 heteroatoms. The summed E-state index contributed by atoms with van der Waals surface area (Å²) in [7, 11) is 3.08. The van der Waals surface area contributed by atoms with E-state index in [1.165, 1.54) is 7.11 Å². The zero-order valence-corrected chi connectivity index (χ0v) is 10.1. The molecule has 94 valence electrons. The van der Waals surface area contributed by atoms with Crippen molar-refractivity contribution in [1.29, 1.82) is 0 Å². The van der Waals surface area contributed by atoms with Crippen molar-refractivity contribution in [2.75, 3.05) is 21.0 Å². The first-order chi connectivity index (χ1) is 8.21. The molecule has 0 radical (unpaired) electrons. The largest absolute Gasteiger partial charge is 0.497 e. The van der Waals surface area contributed by atoms with Crippen LogP contribution in [0.4, 0.5) is 0 Å². The van der Waals surface area contributed by atoms with Crippen molar-refractivity contribution >= 4 is 6.29 Å². The molecule has 0 spiro atoms. The molecule has 0 saturated heterocycles. The number of benzene rings is 1. The topological polar surface area (TPSA) is 54.0 Å². The number of aldehydes is 1. The SMILES string of the molecule is COc1ccc(C=O)c(OCOC(C)OC)c1. The number of hydrogen-bond donors (Lipinski definition) is 0. The van der Waals surface area contributed by atoms with E-state index in [1.54, 1.807) is 32.2 Å². The van der Waals surface area contributed by atoms with E-state index < -0.39 is 0 Å². The lowest BCUT2D eigenvalue weighted by molar-refractivity contribution is -0.149. The van der Waals surface area contributed by atoms with Gasteiger partial charge in [0.05, 0.1) is 12.7 Å². The van der Waals surface area contributed by atoms with Crippen LogP contribution in [0.25, 0.3) is 0 Å². The minimum atomic E-state index is -0.361. The quantitative estimate of drug-likeness (QED) is 0.537. The van der Waals surface area contributed by atoms with Crippen LogP contribution in [0.1, 0.15) is 17.3 Å². The fourth-order valence-corrected chi connectivity index (χ4v) is 1.13. The zero-order chi connectivity index (χ0) is 12.7. The van der Waals surface area contributed by atoms with Crippen LogP contribution in [0.5, 0.6) is 11.5 Å². The maximum absolute atomic E-state index is 10.8. The van der Waals surface area contributed by atoms with Gasteiger partial charge in [0.2, 0.25) is 0 Å². The van der Waals surface area contributed by atoms with Gasteiger partial charge in [-0.1, -0.05) is 0 Å². The third-order valence-corrected chi connectivity index (χ3v) is 2.20. The summed E-state index contributed by atoms with van der Waals surface area (Å²) < 4.78 is 20.4. The van der Waals surface area contributed by atoms with Gasteiger partial charge in [-0.15, -0.1) is 0 Å². The molecule has 1 aromatic rings. The fourth-order valence-electron chi connectivity index (χ4n) is 1.13. The van der Waals surface area contributed by atoms with Crippen LogP contribution in [0.2, 0.25) is 0 Å². The molecule has 1 aromatic carbocycles. The molecule has 0 fully saturated rings. The van der Waals surface area contributed by atoms with Crippen molar-refractivity contribution in [3.8, 4) is 11.5 Å². The van der Waals surface area contributed by atoms with Gasteiger partial charge < -0.3 is 18.9 Å². The van der Waals surface area contributed by atoms with E-state index in [9.17, 15) is 4.79 Å². The molecule has 1 atom stereocenters. The van der Waals surface area contributed by atoms with Crippen molar-refractivity contribution in [2.45, 2.75) is 13.2 Å². The molecular formula is C12H16O5. The maximum atomic E-state index is 10.8. The first kappa shape index (κ1) is 13.5. The Balaban J connectivity index is 2.64. The highest BCUT2D eigenvalue weighted by atomic mass is 16.7. The number of carbonyl (C=O) groups is 1. The highest BCUT2D eigenvalue weighted by Crippen LogP contribution is 2.23. The average molecular weight is 240 g/mol. The number of carbonyl (C=O) groups excluding carboxylic acids is 1. The van der Waals surface area contributed by atoms with Crippen LogP contribution < -0.4 is 9.47 Å². The van der Waals surface area contributed by atoms with Crippen molar-refractivity contribution in [2.24, 2.45) is 0 Å². The van der Waals surface area contributed by atoms with Gasteiger partial charge in [-0.25, -0.2) is 0 Å². The Morgan fingerprint density at radius 1 is 1.35 bits per heavy atom. The van der Waals surface area contributed by atoms with Crippen molar-refractivity contribution in [3.05, 3.63) is 23.8 Å². The van der Waals surface area contributed by atoms with Gasteiger partial charge in [-0.05, 0) is 19.1 Å². The molecule has 0 heterocycles. The zero-order valence-electron chi connectivity index (χ0n) is 10.1. The highest BCUT2D eigenvalue weighted by molar-refractivity contribution is 5.79. The summed E-state index contributed by atoms with van der Waals surface area (Å²) >= 11 is 0. The first-order valence-electron chi connectivity index (χ1n) is 5.11. The maximum Gasteiger partial charge on any atom is 0.191 e. The lowest BCUT2D eigenvalue weighted by atomic mass is 10.2. The van der Waals surface area contributed by atoms with Crippen molar-refractivity contribution in [1.82, 2.24) is 0 Å². The second-order valence-electron chi connectivity index (χ2n) is 3.25. The average Bonchev–Trinajstić information content (AvgIpc) is 2.38. The number of ether oxygens (including phenoxy) is 4. The molecule has 1 unspecified atom stereocenters. The Morgan fingerprint density at radius 2 is 2.12 bits per heavy atom. The smallest absolute Gasteiger partial charge is 0.191 e. The molecule has 1 rings (SSSR count). The monoisotopic (exact) mass is 240 g/mol. The van der Waals surface area contributed by atoms with E-state index in [2.05, 4.69) is 0 Å². The van der Waals surface area contributed by atoms with Crippen LogP contribution >= 0.6 is 0 Å². The molecular weight excluding hydrogens is 224 g/mol. The molecule has 0 aliphatic carbocycles. The summed E-state index contributed by atoms with van der Waals surface area (Å²) in [5.74, 6) is 1.04. The summed E-state index contributed by atoms with van der Waals surface area (Å²) in [4.78, 5) is 10.8. The van der Waals surface area contributed by atoms with Gasteiger partial charge in [-0.2, -0.15) is 0 Å². The molecule has 0 N–H and O–H groups in total. The summed E-state index contributed by atoms with van der Waals surface area (Å²) in [6, 6.07) is 4.95. The summed E-state index contributed by atoms with van der Waals surface area (Å²) in [6.45, 7) is 1.75. The van der Waals surface area contributed by atoms with E-state index in [-0.39, 0.29) is 13.1 Å². The van der Waals surface area contributed by atoms with Gasteiger partial charge >= 0.3 is 0 Å². The number of methoxy groups -OCH3 is 2. The van der Waals surface area contributed by atoms with E-state index in [0.717, 1.165) is 0 Å². The number of rotatable bonds is 7. The molecule has 0 aromatic heterocycles. The van der Waals surface area contributed by atoms with Crippen molar-refractivity contribution in [3.63, 3.8) is 0 Å².